The molecule has 19 heavy (non-hydrogen) atoms. The SMILES string of the molecule is CC(C)S(=O)(=O)c1cc(OP(C)C)ccc1[N+](=O)[O-]. The van der Waals surface area contributed by atoms with Gasteiger partial charge in [0.15, 0.2) is 9.84 Å². The highest BCUT2D eigenvalue weighted by molar-refractivity contribution is 7.92. The van der Waals surface area contributed by atoms with Gasteiger partial charge in [0.25, 0.3) is 5.69 Å². The van der Waals surface area contributed by atoms with E-state index in [4.69, 9.17) is 4.52 Å². The lowest BCUT2D eigenvalue weighted by Gasteiger charge is -2.12. The number of rotatable bonds is 5. The quantitative estimate of drug-likeness (QED) is 0.474. The minimum Gasteiger partial charge on any atom is -0.475 e. The topological polar surface area (TPSA) is 86.5 Å². The van der Waals surface area contributed by atoms with E-state index in [0.29, 0.717) is 5.75 Å². The maximum Gasteiger partial charge on any atom is 0.288 e. The molecule has 8 heteroatoms. The fourth-order valence-corrected chi connectivity index (χ4v) is 3.15. The normalized spacial score (nSPS) is 11.9. The van der Waals surface area contributed by atoms with Gasteiger partial charge in [0.1, 0.15) is 10.6 Å². The molecule has 0 spiro atoms. The maximum absolute atomic E-state index is 12.1. The third-order valence-corrected chi connectivity index (χ3v) is 5.10. The van der Waals surface area contributed by atoms with Crippen LogP contribution in [0.2, 0.25) is 0 Å². The van der Waals surface area contributed by atoms with Gasteiger partial charge in [-0.15, -0.1) is 0 Å². The molecule has 0 N–H and O–H groups in total. The molecule has 0 saturated heterocycles. The van der Waals surface area contributed by atoms with Crippen LogP contribution in [-0.2, 0) is 9.84 Å². The Morgan fingerprint density at radius 3 is 2.32 bits per heavy atom. The van der Waals surface area contributed by atoms with Crippen LogP contribution in [-0.4, -0.2) is 31.9 Å². The summed E-state index contributed by atoms with van der Waals surface area (Å²) in [6.45, 7) is 6.68. The molecule has 1 aromatic rings. The minimum absolute atomic E-state index is 0.290. The van der Waals surface area contributed by atoms with Gasteiger partial charge in [-0.3, -0.25) is 10.1 Å². The largest absolute Gasteiger partial charge is 0.475 e. The predicted molar refractivity (Wildman–Crippen MR) is 74.8 cm³/mol. The molecular weight excluding hydrogens is 289 g/mol. The Balaban J connectivity index is 3.44. The van der Waals surface area contributed by atoms with Crippen LogP contribution in [0.1, 0.15) is 13.8 Å². The molecular formula is C11H16NO5PS. The molecule has 106 valence electrons. The van der Waals surface area contributed by atoms with Gasteiger partial charge in [-0.25, -0.2) is 8.42 Å². The summed E-state index contributed by atoms with van der Waals surface area (Å²) in [5.74, 6) is 0.334. The molecule has 0 fully saturated rings. The van der Waals surface area contributed by atoms with Crippen molar-refractivity contribution in [2.45, 2.75) is 24.0 Å². The monoisotopic (exact) mass is 305 g/mol. The van der Waals surface area contributed by atoms with Crippen LogP contribution in [0.3, 0.4) is 0 Å². The second-order valence-electron chi connectivity index (χ2n) is 4.38. The Morgan fingerprint density at radius 2 is 1.89 bits per heavy atom. The second-order valence-corrected chi connectivity index (χ2v) is 8.66. The van der Waals surface area contributed by atoms with E-state index in [0.717, 1.165) is 0 Å². The Hall–Kier alpha value is -1.20. The zero-order chi connectivity index (χ0) is 14.8. The molecule has 0 aliphatic rings. The molecule has 0 saturated carbocycles. The lowest BCUT2D eigenvalue weighted by Crippen LogP contribution is -2.15. The second kappa shape index (κ2) is 5.84. The first-order chi connectivity index (χ1) is 8.66. The van der Waals surface area contributed by atoms with Crippen molar-refractivity contribution < 1.29 is 17.9 Å². The summed E-state index contributed by atoms with van der Waals surface area (Å²) in [6, 6.07) is 3.82. The van der Waals surface area contributed by atoms with E-state index in [1.165, 1.54) is 32.0 Å². The van der Waals surface area contributed by atoms with Gasteiger partial charge in [0.2, 0.25) is 0 Å². The van der Waals surface area contributed by atoms with Crippen molar-refractivity contribution in [3.05, 3.63) is 28.3 Å². The Labute approximate surface area is 113 Å². The number of nitro benzene ring substituents is 1. The van der Waals surface area contributed by atoms with E-state index in [1.807, 2.05) is 13.3 Å². The third kappa shape index (κ3) is 3.64. The number of benzene rings is 1. The molecule has 0 aromatic heterocycles. The van der Waals surface area contributed by atoms with Crippen LogP contribution in [0.4, 0.5) is 5.69 Å². The summed E-state index contributed by atoms with van der Waals surface area (Å²) in [7, 11) is -4.46. The zero-order valence-electron chi connectivity index (χ0n) is 11.2. The van der Waals surface area contributed by atoms with Crippen molar-refractivity contribution in [3.63, 3.8) is 0 Å². The van der Waals surface area contributed by atoms with Gasteiger partial charge in [0, 0.05) is 12.1 Å². The minimum atomic E-state index is -3.73. The standard InChI is InChI=1S/C11H16NO5PS/c1-8(2)19(15,16)11-7-9(17-18(3)4)5-6-10(11)12(13)14/h5-8H,1-4H3. The van der Waals surface area contributed by atoms with Gasteiger partial charge in [-0.1, -0.05) is 0 Å². The molecule has 0 aliphatic carbocycles. The molecule has 1 rings (SSSR count). The lowest BCUT2D eigenvalue weighted by molar-refractivity contribution is -0.387. The summed E-state index contributed by atoms with van der Waals surface area (Å²) in [5.41, 5.74) is -0.419. The summed E-state index contributed by atoms with van der Waals surface area (Å²) < 4.78 is 29.7. The molecule has 0 amide bonds. The summed E-state index contributed by atoms with van der Waals surface area (Å²) in [4.78, 5) is 9.94. The van der Waals surface area contributed by atoms with E-state index >= 15 is 0 Å². The van der Waals surface area contributed by atoms with Crippen LogP contribution >= 0.6 is 8.15 Å². The van der Waals surface area contributed by atoms with Gasteiger partial charge >= 0.3 is 0 Å². The number of hydrogen-bond acceptors (Lipinski definition) is 5. The fourth-order valence-electron chi connectivity index (χ4n) is 1.39. The smallest absolute Gasteiger partial charge is 0.288 e. The van der Waals surface area contributed by atoms with Crippen LogP contribution in [0.25, 0.3) is 0 Å². The molecule has 6 nitrogen and oxygen atoms in total. The molecule has 0 atom stereocenters. The van der Waals surface area contributed by atoms with Gasteiger partial charge in [0.05, 0.1) is 18.3 Å². The van der Waals surface area contributed by atoms with Gasteiger partial charge in [-0.05, 0) is 33.2 Å². The van der Waals surface area contributed by atoms with Gasteiger partial charge < -0.3 is 4.52 Å². The third-order valence-electron chi connectivity index (χ3n) is 2.34. The van der Waals surface area contributed by atoms with E-state index < -0.39 is 33.8 Å². The van der Waals surface area contributed by atoms with Crippen molar-refractivity contribution >= 4 is 23.7 Å². The first kappa shape index (κ1) is 15.9. The summed E-state index contributed by atoms with van der Waals surface area (Å²) >= 11 is 0. The van der Waals surface area contributed by atoms with Crippen LogP contribution in [0.15, 0.2) is 23.1 Å². The molecule has 1 aromatic carbocycles. The van der Waals surface area contributed by atoms with E-state index in [2.05, 4.69) is 0 Å². The molecule has 0 radical (unpaired) electrons. The average molecular weight is 305 g/mol. The number of nitro groups is 1. The fraction of sp³-hybridized carbons (Fsp3) is 0.455. The Kier molecular flexibility index (Phi) is 4.87. The zero-order valence-corrected chi connectivity index (χ0v) is 12.9. The predicted octanol–water partition coefficient (Wildman–Crippen LogP) is 2.81. The van der Waals surface area contributed by atoms with Crippen molar-refractivity contribution in [2.24, 2.45) is 0 Å². The first-order valence-electron chi connectivity index (χ1n) is 5.54. The molecule has 0 unspecified atom stereocenters. The highest BCUT2D eigenvalue weighted by Gasteiger charge is 2.29. The van der Waals surface area contributed by atoms with E-state index in [1.54, 1.807) is 0 Å². The first-order valence-corrected chi connectivity index (χ1v) is 9.24. The van der Waals surface area contributed by atoms with Crippen molar-refractivity contribution in [1.29, 1.82) is 0 Å². The van der Waals surface area contributed by atoms with Crippen LogP contribution < -0.4 is 4.52 Å². The van der Waals surface area contributed by atoms with Gasteiger partial charge in [-0.2, -0.15) is 0 Å². The highest BCUT2D eigenvalue weighted by atomic mass is 32.2. The van der Waals surface area contributed by atoms with Crippen molar-refractivity contribution in [2.75, 3.05) is 13.3 Å². The summed E-state index contributed by atoms with van der Waals surface area (Å²) in [5, 5.41) is 10.2. The number of nitrogens with zero attached hydrogens (tertiary/aromatic N) is 1. The van der Waals surface area contributed by atoms with Crippen LogP contribution in [0.5, 0.6) is 5.75 Å². The Bertz CT molecular complexity index is 583. The number of sulfone groups is 1. The van der Waals surface area contributed by atoms with E-state index in [9.17, 15) is 18.5 Å². The Morgan fingerprint density at radius 1 is 1.32 bits per heavy atom. The van der Waals surface area contributed by atoms with Crippen molar-refractivity contribution in [1.82, 2.24) is 0 Å². The van der Waals surface area contributed by atoms with Crippen LogP contribution in [0, 0.1) is 10.1 Å². The molecule has 0 aliphatic heterocycles. The van der Waals surface area contributed by atoms with E-state index in [-0.39, 0.29) is 4.90 Å². The molecule has 0 bridgehead atoms. The lowest BCUT2D eigenvalue weighted by atomic mass is 10.3. The summed E-state index contributed by atoms with van der Waals surface area (Å²) in [6.07, 6.45) is 0. The highest BCUT2D eigenvalue weighted by Crippen LogP contribution is 2.35. The maximum atomic E-state index is 12.1. The number of hydrogen-bond donors (Lipinski definition) is 0. The van der Waals surface area contributed by atoms with Crippen molar-refractivity contribution in [3.8, 4) is 5.75 Å². The average Bonchev–Trinajstić information content (AvgIpc) is 2.27. The molecule has 0 heterocycles.